The smallest absolute Gasteiger partial charge is 0.331 e. The number of nitrogens with zero attached hydrogens (tertiary/aromatic N) is 2. The van der Waals surface area contributed by atoms with Crippen LogP contribution in [0.5, 0.6) is 5.75 Å². The average Bonchev–Trinajstić information content (AvgIpc) is 2.34. The first-order valence-corrected chi connectivity index (χ1v) is 6.13. The second-order valence-electron chi connectivity index (χ2n) is 3.70. The quantitative estimate of drug-likeness (QED) is 0.578. The molecule has 0 heterocycles. The predicted molar refractivity (Wildman–Crippen MR) is 76.2 cm³/mol. The molecule has 19 heavy (non-hydrogen) atoms. The molecule has 0 aliphatic heterocycles. The van der Waals surface area contributed by atoms with Crippen molar-refractivity contribution < 1.29 is 9.90 Å². The first-order valence-electron chi connectivity index (χ1n) is 5.37. The summed E-state index contributed by atoms with van der Waals surface area (Å²) in [5.74, 6) is -0.571. The summed E-state index contributed by atoms with van der Waals surface area (Å²) in [6.45, 7) is 1.91. The van der Waals surface area contributed by atoms with Gasteiger partial charge in [0.25, 0.3) is 0 Å². The summed E-state index contributed by atoms with van der Waals surface area (Å²) in [7, 11) is 1.43. The highest BCUT2D eigenvalue weighted by Crippen LogP contribution is 2.39. The molecule has 104 valence electrons. The Morgan fingerprint density at radius 2 is 2.05 bits per heavy atom. The van der Waals surface area contributed by atoms with Gasteiger partial charge in [-0.3, -0.25) is 15.2 Å². The fourth-order valence-electron chi connectivity index (χ4n) is 1.52. The van der Waals surface area contributed by atoms with E-state index in [1.807, 2.05) is 0 Å². The molecule has 0 spiro atoms. The highest BCUT2D eigenvalue weighted by molar-refractivity contribution is 6.40. The monoisotopic (exact) mass is 304 g/mol. The van der Waals surface area contributed by atoms with E-state index >= 15 is 0 Å². The van der Waals surface area contributed by atoms with Gasteiger partial charge in [0.1, 0.15) is 10.8 Å². The lowest BCUT2D eigenvalue weighted by atomic mass is 10.2. The molecule has 0 aromatic heterocycles. The summed E-state index contributed by atoms with van der Waals surface area (Å²) in [4.78, 5) is 14.3. The number of anilines is 1. The fourth-order valence-corrected chi connectivity index (χ4v) is 2.15. The van der Waals surface area contributed by atoms with Gasteiger partial charge < -0.3 is 10.8 Å². The van der Waals surface area contributed by atoms with E-state index in [-0.39, 0.29) is 34.0 Å². The van der Waals surface area contributed by atoms with Crippen LogP contribution in [0.2, 0.25) is 10.0 Å². The molecule has 0 saturated carbocycles. The highest BCUT2D eigenvalue weighted by Gasteiger charge is 2.24. The molecule has 6 nitrogen and oxygen atoms in total. The maximum atomic E-state index is 12.2. The van der Waals surface area contributed by atoms with E-state index in [1.54, 1.807) is 6.92 Å². The van der Waals surface area contributed by atoms with Crippen molar-refractivity contribution in [1.82, 2.24) is 4.90 Å². The number of urea groups is 1. The highest BCUT2D eigenvalue weighted by atomic mass is 35.5. The zero-order valence-electron chi connectivity index (χ0n) is 10.4. The molecular formula is C11H14Cl2N4O2. The van der Waals surface area contributed by atoms with E-state index in [2.05, 4.69) is 0 Å². The molecule has 1 aromatic rings. The summed E-state index contributed by atoms with van der Waals surface area (Å²) in [5.41, 5.74) is 5.48. The molecule has 1 rings (SSSR count). The van der Waals surface area contributed by atoms with Crippen LogP contribution in [0.15, 0.2) is 12.1 Å². The van der Waals surface area contributed by atoms with Crippen LogP contribution in [-0.4, -0.2) is 35.6 Å². The standard InChI is InChI=1S/C11H14Cl2N4O2/c1-3-17(10(14)15)11(19)16(2)9-6(12)4-5-7(18)8(9)13/h4-5,18H,3H2,1-2H3,(H3,14,15). The Balaban J connectivity index is 3.20. The number of benzene rings is 1. The van der Waals surface area contributed by atoms with Crippen LogP contribution in [0.3, 0.4) is 0 Å². The van der Waals surface area contributed by atoms with E-state index in [1.165, 1.54) is 19.2 Å². The molecule has 8 heteroatoms. The first-order chi connectivity index (χ1) is 8.81. The number of carbonyl (C=O) groups excluding carboxylic acids is 1. The zero-order chi connectivity index (χ0) is 14.7. The number of phenolic OH excluding ortho intramolecular Hbond substituents is 1. The largest absolute Gasteiger partial charge is 0.506 e. The van der Waals surface area contributed by atoms with Crippen LogP contribution in [0.1, 0.15) is 6.92 Å². The van der Waals surface area contributed by atoms with Gasteiger partial charge in [0.15, 0.2) is 5.96 Å². The minimum absolute atomic E-state index is 0.0389. The molecule has 1 aromatic carbocycles. The van der Waals surface area contributed by atoms with E-state index in [0.717, 1.165) is 9.80 Å². The minimum Gasteiger partial charge on any atom is -0.506 e. The maximum absolute atomic E-state index is 12.2. The van der Waals surface area contributed by atoms with Crippen molar-refractivity contribution in [3.05, 3.63) is 22.2 Å². The van der Waals surface area contributed by atoms with Crippen molar-refractivity contribution in [2.45, 2.75) is 6.92 Å². The number of phenols is 1. The zero-order valence-corrected chi connectivity index (χ0v) is 12.0. The van der Waals surface area contributed by atoms with Crippen molar-refractivity contribution in [1.29, 1.82) is 5.41 Å². The fraction of sp³-hybridized carbons (Fsp3) is 0.273. The van der Waals surface area contributed by atoms with Gasteiger partial charge in [-0.2, -0.15) is 0 Å². The Hall–Kier alpha value is -1.66. The van der Waals surface area contributed by atoms with Crippen LogP contribution in [-0.2, 0) is 0 Å². The third-order valence-electron chi connectivity index (χ3n) is 2.51. The number of halogens is 2. The molecule has 0 aliphatic carbocycles. The molecule has 0 unspecified atom stereocenters. The lowest BCUT2D eigenvalue weighted by Crippen LogP contribution is -2.47. The SMILES string of the molecule is CCN(C(=N)N)C(=O)N(C)c1c(Cl)ccc(O)c1Cl. The molecule has 0 bridgehead atoms. The Labute approximate surface area is 120 Å². The maximum Gasteiger partial charge on any atom is 0.331 e. The van der Waals surface area contributed by atoms with Crippen molar-refractivity contribution in [3.8, 4) is 5.75 Å². The molecule has 0 atom stereocenters. The predicted octanol–water partition coefficient (Wildman–Crippen LogP) is 2.47. The first kappa shape index (κ1) is 15.4. The molecule has 0 radical (unpaired) electrons. The molecule has 0 fully saturated rings. The summed E-state index contributed by atoms with van der Waals surface area (Å²) >= 11 is 11.9. The number of aromatic hydroxyl groups is 1. The minimum atomic E-state index is -0.565. The van der Waals surface area contributed by atoms with Gasteiger partial charge in [-0.25, -0.2) is 4.79 Å². The number of guanidine groups is 1. The van der Waals surface area contributed by atoms with Gasteiger partial charge in [0.05, 0.1) is 10.7 Å². The number of hydrogen-bond acceptors (Lipinski definition) is 3. The van der Waals surface area contributed by atoms with Gasteiger partial charge in [0.2, 0.25) is 0 Å². The van der Waals surface area contributed by atoms with Crippen molar-refractivity contribution in [3.63, 3.8) is 0 Å². The second-order valence-corrected chi connectivity index (χ2v) is 4.49. The van der Waals surface area contributed by atoms with Crippen LogP contribution in [0, 0.1) is 5.41 Å². The molecule has 4 N–H and O–H groups in total. The Morgan fingerprint density at radius 3 is 2.53 bits per heavy atom. The van der Waals surface area contributed by atoms with Crippen LogP contribution < -0.4 is 10.6 Å². The third-order valence-corrected chi connectivity index (χ3v) is 3.18. The molecule has 0 saturated heterocycles. The number of nitrogens with two attached hydrogens (primary N) is 1. The van der Waals surface area contributed by atoms with Gasteiger partial charge >= 0.3 is 6.03 Å². The molecule has 0 aliphatic rings. The van der Waals surface area contributed by atoms with E-state index < -0.39 is 6.03 Å². The summed E-state index contributed by atoms with van der Waals surface area (Å²) < 4.78 is 0. The lowest BCUT2D eigenvalue weighted by Gasteiger charge is -2.27. The molecule has 2 amide bonds. The van der Waals surface area contributed by atoms with E-state index in [4.69, 9.17) is 34.3 Å². The van der Waals surface area contributed by atoms with Gasteiger partial charge in [0, 0.05) is 13.6 Å². The van der Waals surface area contributed by atoms with Crippen LogP contribution in [0.25, 0.3) is 0 Å². The Bertz CT molecular complexity index is 522. The summed E-state index contributed by atoms with van der Waals surface area (Å²) in [5, 5.41) is 17.0. The summed E-state index contributed by atoms with van der Waals surface area (Å²) in [6, 6.07) is 2.19. The Kier molecular flexibility index (Phi) is 4.85. The topological polar surface area (TPSA) is 93.7 Å². The normalized spacial score (nSPS) is 10.1. The Morgan fingerprint density at radius 1 is 1.47 bits per heavy atom. The van der Waals surface area contributed by atoms with Crippen molar-refractivity contribution in [2.75, 3.05) is 18.5 Å². The van der Waals surface area contributed by atoms with Crippen molar-refractivity contribution >= 4 is 40.9 Å². The number of hydrogen-bond donors (Lipinski definition) is 3. The number of rotatable bonds is 2. The lowest BCUT2D eigenvalue weighted by molar-refractivity contribution is 0.229. The second kappa shape index (κ2) is 5.99. The van der Waals surface area contributed by atoms with Crippen LogP contribution >= 0.6 is 23.2 Å². The number of nitrogens with one attached hydrogen (secondary N) is 1. The summed E-state index contributed by atoms with van der Waals surface area (Å²) in [6.07, 6.45) is 0. The van der Waals surface area contributed by atoms with Crippen molar-refractivity contribution in [2.24, 2.45) is 5.73 Å². The van der Waals surface area contributed by atoms with Crippen LogP contribution in [0.4, 0.5) is 10.5 Å². The average molecular weight is 305 g/mol. The number of amides is 2. The van der Waals surface area contributed by atoms with E-state index in [9.17, 15) is 9.90 Å². The molecular weight excluding hydrogens is 291 g/mol. The van der Waals surface area contributed by atoms with Gasteiger partial charge in [-0.1, -0.05) is 23.2 Å². The van der Waals surface area contributed by atoms with E-state index in [0.29, 0.717) is 0 Å². The third kappa shape index (κ3) is 3.02. The number of carbonyl (C=O) groups is 1. The van der Waals surface area contributed by atoms with Gasteiger partial charge in [-0.15, -0.1) is 0 Å². The van der Waals surface area contributed by atoms with Gasteiger partial charge in [-0.05, 0) is 19.1 Å².